The lowest BCUT2D eigenvalue weighted by Gasteiger charge is -2.32. The highest BCUT2D eigenvalue weighted by atomic mass is 19.4. The van der Waals surface area contributed by atoms with Gasteiger partial charge in [-0.2, -0.15) is 0 Å². The summed E-state index contributed by atoms with van der Waals surface area (Å²) in [6.45, 7) is 1.24. The Labute approximate surface area is 188 Å². The Morgan fingerprint density at radius 2 is 2.12 bits per heavy atom. The molecule has 1 saturated heterocycles. The molecule has 2 N–H and O–H groups in total. The van der Waals surface area contributed by atoms with Crippen molar-refractivity contribution in [1.29, 1.82) is 0 Å². The van der Waals surface area contributed by atoms with E-state index in [1.807, 2.05) is 0 Å². The van der Waals surface area contributed by atoms with Crippen molar-refractivity contribution in [2.75, 3.05) is 25.0 Å². The Balaban J connectivity index is 1.53. The van der Waals surface area contributed by atoms with Gasteiger partial charge in [-0.05, 0) is 55.2 Å². The summed E-state index contributed by atoms with van der Waals surface area (Å²) in [5, 5.41) is 13.2. The molecule has 174 valence electrons. The number of hydrogen-bond donors (Lipinski definition) is 2. The molecule has 2 aliphatic rings. The van der Waals surface area contributed by atoms with Crippen molar-refractivity contribution >= 4 is 22.6 Å². The van der Waals surface area contributed by atoms with Crippen LogP contribution in [0.2, 0.25) is 0 Å². The number of aliphatic hydroxyl groups excluding tert-OH is 1. The minimum atomic E-state index is -4.76. The Hall–Kier alpha value is -3.40. The quantitative estimate of drug-likeness (QED) is 0.697. The zero-order valence-electron chi connectivity index (χ0n) is 17.7. The number of carbonyl (C=O) groups is 1. The summed E-state index contributed by atoms with van der Waals surface area (Å²) in [6.07, 6.45) is 4.27. The number of hydrogen-bond acceptors (Lipinski definition) is 6. The number of aromatic nitrogens is 2. The number of amides is 1. The summed E-state index contributed by atoms with van der Waals surface area (Å²) in [5.74, 6) is 0.156. The minimum absolute atomic E-state index is 0.0633. The van der Waals surface area contributed by atoms with E-state index in [0.717, 1.165) is 12.8 Å². The normalized spacial score (nSPS) is 19.0. The van der Waals surface area contributed by atoms with Gasteiger partial charge in [0.15, 0.2) is 0 Å². The van der Waals surface area contributed by atoms with Gasteiger partial charge in [0.05, 0.1) is 5.52 Å². The molecule has 1 aliphatic heterocycles. The number of anilines is 1. The monoisotopic (exact) mass is 460 g/mol. The predicted octanol–water partition coefficient (Wildman–Crippen LogP) is 4.15. The average Bonchev–Trinajstić information content (AvgIpc) is 3.02. The molecule has 10 heteroatoms. The molecule has 0 bridgehead atoms. The Kier molecular flexibility index (Phi) is 6.64. The summed E-state index contributed by atoms with van der Waals surface area (Å²) in [5.41, 5.74) is 1.69. The number of allylic oxidation sites excluding steroid dienone is 4. The topological polar surface area (TPSA) is 87.6 Å². The van der Waals surface area contributed by atoms with Gasteiger partial charge in [-0.15, -0.1) is 13.2 Å². The van der Waals surface area contributed by atoms with Crippen LogP contribution in [0, 0.1) is 5.92 Å². The number of alkyl halides is 3. The number of nitrogens with zero attached hydrogens (tertiary/aromatic N) is 3. The molecule has 1 fully saturated rings. The lowest BCUT2D eigenvalue weighted by Crippen LogP contribution is -2.40. The molecular weight excluding hydrogens is 437 g/mol. The fraction of sp³-hybridized carbons (Fsp3) is 0.348. The average molecular weight is 460 g/mol. The van der Waals surface area contributed by atoms with E-state index < -0.39 is 6.36 Å². The van der Waals surface area contributed by atoms with Gasteiger partial charge in [0.25, 0.3) is 5.91 Å². The van der Waals surface area contributed by atoms with Gasteiger partial charge < -0.3 is 20.1 Å². The van der Waals surface area contributed by atoms with Crippen LogP contribution >= 0.6 is 0 Å². The first-order chi connectivity index (χ1) is 15.8. The molecule has 0 radical (unpaired) electrons. The molecule has 1 aromatic carbocycles. The zero-order chi connectivity index (χ0) is 23.4. The van der Waals surface area contributed by atoms with Gasteiger partial charge in [0.1, 0.15) is 17.9 Å². The number of carbonyl (C=O) groups excluding carboxylic acids is 1. The van der Waals surface area contributed by atoms with Gasteiger partial charge in [-0.3, -0.25) is 4.79 Å². The third-order valence-electron chi connectivity index (χ3n) is 5.53. The van der Waals surface area contributed by atoms with Crippen LogP contribution in [0.1, 0.15) is 29.6 Å². The van der Waals surface area contributed by atoms with Crippen LogP contribution in [0.4, 0.5) is 19.0 Å². The second-order valence-electron chi connectivity index (χ2n) is 7.94. The summed E-state index contributed by atoms with van der Waals surface area (Å²) in [4.78, 5) is 23.2. The second kappa shape index (κ2) is 9.62. The zero-order valence-corrected chi connectivity index (χ0v) is 17.7. The van der Waals surface area contributed by atoms with Crippen molar-refractivity contribution in [3.63, 3.8) is 0 Å². The van der Waals surface area contributed by atoms with Crippen LogP contribution in [0.15, 0.2) is 60.3 Å². The first kappa shape index (κ1) is 22.8. The fourth-order valence-corrected chi connectivity index (χ4v) is 3.93. The van der Waals surface area contributed by atoms with Gasteiger partial charge in [-0.25, -0.2) is 9.97 Å². The first-order valence-corrected chi connectivity index (χ1v) is 10.6. The van der Waals surface area contributed by atoms with E-state index in [1.165, 1.54) is 24.6 Å². The lowest BCUT2D eigenvalue weighted by atomic mass is 9.98. The van der Waals surface area contributed by atoms with Crippen molar-refractivity contribution < 1.29 is 27.8 Å². The molecule has 2 aromatic rings. The highest BCUT2D eigenvalue weighted by Gasteiger charge is 2.31. The number of rotatable bonds is 5. The number of piperidine rings is 1. The number of aliphatic hydroxyl groups is 1. The Morgan fingerprint density at radius 3 is 2.91 bits per heavy atom. The minimum Gasteiger partial charge on any atom is -0.406 e. The first-order valence-electron chi connectivity index (χ1n) is 10.6. The van der Waals surface area contributed by atoms with Crippen LogP contribution in [0.25, 0.3) is 10.9 Å². The van der Waals surface area contributed by atoms with Crippen LogP contribution in [-0.4, -0.2) is 51.9 Å². The molecule has 1 unspecified atom stereocenters. The Bertz CT molecular complexity index is 1130. The van der Waals surface area contributed by atoms with Crippen LogP contribution in [0.3, 0.4) is 0 Å². The van der Waals surface area contributed by atoms with Crippen LogP contribution < -0.4 is 5.32 Å². The van der Waals surface area contributed by atoms with Crippen molar-refractivity contribution in [3.05, 3.63) is 65.9 Å². The number of fused-ring (bicyclic) bond motifs is 1. The number of ether oxygens (including phenoxy) is 1. The maximum atomic E-state index is 12.9. The van der Waals surface area contributed by atoms with E-state index in [-0.39, 0.29) is 24.2 Å². The molecule has 1 aromatic heterocycles. The molecule has 7 nitrogen and oxygen atoms in total. The molecule has 33 heavy (non-hydrogen) atoms. The molecule has 1 aliphatic carbocycles. The van der Waals surface area contributed by atoms with E-state index in [2.05, 4.69) is 20.0 Å². The predicted molar refractivity (Wildman–Crippen MR) is 116 cm³/mol. The molecule has 2 heterocycles. The molecular formula is C23H23F3N4O3. The van der Waals surface area contributed by atoms with Gasteiger partial charge in [0.2, 0.25) is 0 Å². The highest BCUT2D eigenvalue weighted by molar-refractivity contribution is 5.99. The Morgan fingerprint density at radius 1 is 1.27 bits per heavy atom. The largest absolute Gasteiger partial charge is 0.573 e. The van der Waals surface area contributed by atoms with E-state index >= 15 is 0 Å². The maximum Gasteiger partial charge on any atom is 0.573 e. The highest BCUT2D eigenvalue weighted by Crippen LogP contribution is 2.26. The van der Waals surface area contributed by atoms with Crippen LogP contribution in [0.5, 0.6) is 0 Å². The van der Waals surface area contributed by atoms with Crippen molar-refractivity contribution in [1.82, 2.24) is 14.9 Å². The lowest BCUT2D eigenvalue weighted by molar-refractivity contribution is -0.303. The summed E-state index contributed by atoms with van der Waals surface area (Å²) in [7, 11) is 0. The third kappa shape index (κ3) is 5.70. The van der Waals surface area contributed by atoms with E-state index in [1.54, 1.807) is 29.2 Å². The van der Waals surface area contributed by atoms with Crippen LogP contribution in [-0.2, 0) is 4.74 Å². The SMILES string of the molecule is O=C(c1ccc2c(NC3=CC=C(OC(F)(F)F)C=CC3)ncnc2c1)N1CCCC(CO)C1. The molecule has 1 atom stereocenters. The smallest absolute Gasteiger partial charge is 0.406 e. The number of halogens is 3. The third-order valence-corrected chi connectivity index (χ3v) is 5.53. The summed E-state index contributed by atoms with van der Waals surface area (Å²) < 4.78 is 41.3. The molecule has 0 saturated carbocycles. The van der Waals surface area contributed by atoms with E-state index in [9.17, 15) is 23.1 Å². The number of benzene rings is 1. The maximum absolute atomic E-state index is 12.9. The molecule has 4 rings (SSSR count). The fourth-order valence-electron chi connectivity index (χ4n) is 3.93. The number of nitrogens with one attached hydrogen (secondary N) is 1. The summed E-state index contributed by atoms with van der Waals surface area (Å²) in [6, 6.07) is 5.15. The second-order valence-corrected chi connectivity index (χ2v) is 7.94. The van der Waals surface area contributed by atoms with Crippen molar-refractivity contribution in [2.24, 2.45) is 5.92 Å². The van der Waals surface area contributed by atoms with Gasteiger partial charge >= 0.3 is 6.36 Å². The number of likely N-dealkylation sites (tertiary alicyclic amines) is 1. The van der Waals surface area contributed by atoms with Crippen molar-refractivity contribution in [3.8, 4) is 0 Å². The van der Waals surface area contributed by atoms with Gasteiger partial charge in [-0.1, -0.05) is 6.08 Å². The van der Waals surface area contributed by atoms with E-state index in [4.69, 9.17) is 0 Å². The molecule has 0 spiro atoms. The van der Waals surface area contributed by atoms with E-state index in [0.29, 0.717) is 47.5 Å². The summed E-state index contributed by atoms with van der Waals surface area (Å²) >= 11 is 0. The molecule has 1 amide bonds. The van der Waals surface area contributed by atoms with Crippen molar-refractivity contribution in [2.45, 2.75) is 25.6 Å². The standard InChI is InChI=1S/C23H23F3N4O3/c24-23(25,26)33-18-5-1-4-17(7-8-18)29-21-19-9-6-16(11-20(19)27-14-28-21)22(32)30-10-2-3-15(12-30)13-31/h1,5-9,11,14-15,31H,2-4,10,12-13H2,(H,27,28,29). The van der Waals surface area contributed by atoms with Gasteiger partial charge in [0, 0.05) is 42.8 Å².